The Bertz CT molecular complexity index is 1090. The Kier molecular flexibility index (Phi) is 5.23. The van der Waals surface area contributed by atoms with E-state index >= 15 is 0 Å². The maximum Gasteiger partial charge on any atom is 0.226 e. The molecule has 0 radical (unpaired) electrons. The molecular formula is C22H26N6OS2. The van der Waals surface area contributed by atoms with Gasteiger partial charge in [-0.3, -0.25) is 14.7 Å². The lowest BCUT2D eigenvalue weighted by molar-refractivity contribution is -0.116. The normalized spacial score (nSPS) is 23.2. The molecule has 2 fully saturated rings. The third kappa shape index (κ3) is 3.68. The highest BCUT2D eigenvalue weighted by Crippen LogP contribution is 2.44. The van der Waals surface area contributed by atoms with Gasteiger partial charge >= 0.3 is 0 Å². The van der Waals surface area contributed by atoms with Crippen LogP contribution in [0.5, 0.6) is 0 Å². The van der Waals surface area contributed by atoms with E-state index in [0.717, 1.165) is 64.9 Å². The summed E-state index contributed by atoms with van der Waals surface area (Å²) in [4.78, 5) is 25.8. The number of anilines is 1. The predicted molar refractivity (Wildman–Crippen MR) is 126 cm³/mol. The van der Waals surface area contributed by atoms with Crippen LogP contribution in [0.2, 0.25) is 0 Å². The highest BCUT2D eigenvalue weighted by molar-refractivity contribution is 7.22. The van der Waals surface area contributed by atoms with Gasteiger partial charge in [0.05, 0.1) is 10.9 Å². The summed E-state index contributed by atoms with van der Waals surface area (Å²) < 4.78 is 1.13. The molecule has 6 rings (SSSR count). The Balaban J connectivity index is 1.24. The van der Waals surface area contributed by atoms with Crippen LogP contribution in [-0.4, -0.2) is 59.0 Å². The van der Waals surface area contributed by atoms with Crippen molar-refractivity contribution in [3.05, 3.63) is 28.9 Å². The van der Waals surface area contributed by atoms with Gasteiger partial charge in [-0.05, 0) is 44.0 Å². The Morgan fingerprint density at radius 2 is 2.26 bits per heavy atom. The molecule has 0 spiro atoms. The lowest BCUT2D eigenvalue weighted by atomic mass is 10.0. The van der Waals surface area contributed by atoms with Crippen LogP contribution in [0.25, 0.3) is 20.8 Å². The van der Waals surface area contributed by atoms with Gasteiger partial charge in [0.2, 0.25) is 5.91 Å². The molecule has 3 aromatic rings. The quantitative estimate of drug-likeness (QED) is 0.550. The van der Waals surface area contributed by atoms with Crippen molar-refractivity contribution < 1.29 is 4.79 Å². The average molecular weight is 455 g/mol. The molecule has 1 amide bonds. The summed E-state index contributed by atoms with van der Waals surface area (Å²) in [6.07, 6.45) is 7.53. The first kappa shape index (κ1) is 19.8. The van der Waals surface area contributed by atoms with Crippen molar-refractivity contribution in [1.82, 2.24) is 25.5 Å². The molecule has 3 aliphatic heterocycles. The van der Waals surface area contributed by atoms with E-state index in [-0.39, 0.29) is 5.91 Å². The second kappa shape index (κ2) is 8.22. The number of rotatable bonds is 5. The van der Waals surface area contributed by atoms with Crippen LogP contribution in [0, 0.1) is 0 Å². The largest absolute Gasteiger partial charge is 0.317 e. The van der Waals surface area contributed by atoms with Gasteiger partial charge in [0.25, 0.3) is 0 Å². The Morgan fingerprint density at radius 1 is 1.29 bits per heavy atom. The zero-order valence-electron chi connectivity index (χ0n) is 17.3. The summed E-state index contributed by atoms with van der Waals surface area (Å²) in [5, 5.41) is 12.2. The van der Waals surface area contributed by atoms with E-state index in [0.29, 0.717) is 18.5 Å². The van der Waals surface area contributed by atoms with Gasteiger partial charge in [0, 0.05) is 54.8 Å². The first-order chi connectivity index (χ1) is 15.3. The van der Waals surface area contributed by atoms with Gasteiger partial charge in [0.1, 0.15) is 15.5 Å². The van der Waals surface area contributed by atoms with E-state index < -0.39 is 0 Å². The average Bonchev–Trinajstić information content (AvgIpc) is 3.53. The summed E-state index contributed by atoms with van der Waals surface area (Å²) in [6, 6.07) is 3.25. The number of carbonyl (C=O) groups is 1. The summed E-state index contributed by atoms with van der Waals surface area (Å²) in [5.74, 6) is 0.102. The minimum Gasteiger partial charge on any atom is -0.317 e. The Morgan fingerprint density at radius 3 is 3.19 bits per heavy atom. The highest BCUT2D eigenvalue weighted by Gasteiger charge is 2.37. The molecular weight excluding hydrogens is 428 g/mol. The number of carbonyl (C=O) groups excluding carboxylic acids is 1. The molecule has 3 aliphatic rings. The van der Waals surface area contributed by atoms with E-state index in [9.17, 15) is 4.79 Å². The number of aromatic nitrogens is 2. The summed E-state index contributed by atoms with van der Waals surface area (Å²) in [5.41, 5.74) is 3.38. The monoisotopic (exact) mass is 454 g/mol. The molecule has 31 heavy (non-hydrogen) atoms. The number of amides is 1. The number of thiazole rings is 1. The van der Waals surface area contributed by atoms with Crippen molar-refractivity contribution in [3.8, 4) is 10.6 Å². The van der Waals surface area contributed by atoms with Crippen molar-refractivity contribution in [2.24, 2.45) is 0 Å². The molecule has 2 atom stereocenters. The van der Waals surface area contributed by atoms with Crippen molar-refractivity contribution >= 4 is 43.8 Å². The molecule has 3 N–H and O–H groups in total. The van der Waals surface area contributed by atoms with Gasteiger partial charge < -0.3 is 16.0 Å². The van der Waals surface area contributed by atoms with Crippen LogP contribution < -0.4 is 16.0 Å². The van der Waals surface area contributed by atoms with Crippen molar-refractivity contribution in [2.45, 2.75) is 44.3 Å². The lowest BCUT2D eigenvalue weighted by Crippen LogP contribution is -2.36. The number of hydrogen-bond donors (Lipinski definition) is 3. The zero-order chi connectivity index (χ0) is 20.8. The molecule has 0 unspecified atom stereocenters. The fraction of sp³-hybridized carbons (Fsp3) is 0.500. The number of fused-ring (bicyclic) bond motifs is 3. The number of nitrogens with zero attached hydrogens (tertiary/aromatic N) is 3. The molecule has 2 saturated heterocycles. The standard InChI is InChI=1S/C22H26N6OS2/c29-19(5-10-28-9-4-14-16(28)2-8-25-14)27-22-20(13-1-6-24-12-18(13)31-22)21-26-15-11-23-7-3-17(15)30-21/h3,7,11,14,16,24-25H,1-2,4-6,8-10,12H2,(H,27,29)/t14-,16-/m0/s1. The lowest BCUT2D eigenvalue weighted by Gasteiger charge is -2.22. The van der Waals surface area contributed by atoms with E-state index in [2.05, 4.69) is 25.8 Å². The number of nitrogens with one attached hydrogen (secondary N) is 3. The van der Waals surface area contributed by atoms with Gasteiger partial charge in [-0.25, -0.2) is 4.98 Å². The fourth-order valence-electron chi connectivity index (χ4n) is 5.20. The number of hydrogen-bond acceptors (Lipinski definition) is 8. The zero-order valence-corrected chi connectivity index (χ0v) is 19.0. The van der Waals surface area contributed by atoms with Gasteiger partial charge in [-0.1, -0.05) is 0 Å². The molecule has 6 heterocycles. The summed E-state index contributed by atoms with van der Waals surface area (Å²) in [6.45, 7) is 4.86. The van der Waals surface area contributed by atoms with Crippen LogP contribution in [0.3, 0.4) is 0 Å². The summed E-state index contributed by atoms with van der Waals surface area (Å²) >= 11 is 3.38. The van der Waals surface area contributed by atoms with Crippen molar-refractivity contribution in [2.75, 3.05) is 31.5 Å². The molecule has 0 saturated carbocycles. The van der Waals surface area contributed by atoms with Crippen LogP contribution in [-0.2, 0) is 17.8 Å². The van der Waals surface area contributed by atoms with Crippen molar-refractivity contribution in [3.63, 3.8) is 0 Å². The van der Waals surface area contributed by atoms with Gasteiger partial charge in [0.15, 0.2) is 0 Å². The fourth-order valence-corrected chi connectivity index (χ4v) is 7.51. The third-order valence-electron chi connectivity index (χ3n) is 6.72. The maximum absolute atomic E-state index is 12.9. The predicted octanol–water partition coefficient (Wildman–Crippen LogP) is 2.83. The van der Waals surface area contributed by atoms with Gasteiger partial charge in [-0.15, -0.1) is 22.7 Å². The van der Waals surface area contributed by atoms with Crippen LogP contribution >= 0.6 is 22.7 Å². The maximum atomic E-state index is 12.9. The van der Waals surface area contributed by atoms with E-state index in [1.165, 1.54) is 23.3 Å². The van der Waals surface area contributed by atoms with Crippen LogP contribution in [0.4, 0.5) is 5.00 Å². The van der Waals surface area contributed by atoms with Crippen molar-refractivity contribution in [1.29, 1.82) is 0 Å². The molecule has 0 aliphatic carbocycles. The topological polar surface area (TPSA) is 82.2 Å². The molecule has 3 aromatic heterocycles. The van der Waals surface area contributed by atoms with Crippen LogP contribution in [0.1, 0.15) is 29.7 Å². The molecule has 0 bridgehead atoms. The molecule has 9 heteroatoms. The number of thiophene rings is 1. The SMILES string of the molecule is O=C(CCN1CC[C@@H]2NCC[C@@H]21)Nc1sc2c(c1-c1nc3cnccc3s1)CCNC2. The molecule has 0 aromatic carbocycles. The summed E-state index contributed by atoms with van der Waals surface area (Å²) in [7, 11) is 0. The molecule has 162 valence electrons. The molecule has 7 nitrogen and oxygen atoms in total. The Hall–Kier alpha value is -1.91. The van der Waals surface area contributed by atoms with E-state index in [1.807, 2.05) is 18.5 Å². The number of likely N-dealkylation sites (tertiary alicyclic amines) is 1. The van der Waals surface area contributed by atoms with E-state index in [1.54, 1.807) is 22.7 Å². The second-order valence-corrected chi connectivity index (χ2v) is 10.7. The highest BCUT2D eigenvalue weighted by atomic mass is 32.1. The first-order valence-corrected chi connectivity index (χ1v) is 12.7. The minimum absolute atomic E-state index is 0.102. The van der Waals surface area contributed by atoms with E-state index in [4.69, 9.17) is 4.98 Å². The third-order valence-corrected chi connectivity index (χ3v) is 8.92. The number of pyridine rings is 1. The Labute approximate surface area is 189 Å². The second-order valence-electron chi connectivity index (χ2n) is 8.54. The minimum atomic E-state index is 0.102. The smallest absolute Gasteiger partial charge is 0.226 e. The van der Waals surface area contributed by atoms with Gasteiger partial charge in [-0.2, -0.15) is 0 Å². The first-order valence-electron chi connectivity index (χ1n) is 11.1. The van der Waals surface area contributed by atoms with Crippen LogP contribution in [0.15, 0.2) is 18.5 Å².